The number of rotatable bonds is 9. The number of nitrogens with zero attached hydrogens (tertiary/aromatic N) is 1. The van der Waals surface area contributed by atoms with Crippen molar-refractivity contribution in [2.24, 2.45) is 5.73 Å². The van der Waals surface area contributed by atoms with Crippen molar-refractivity contribution in [3.05, 3.63) is 23.8 Å². The lowest BCUT2D eigenvalue weighted by atomic mass is 10.0. The Morgan fingerprint density at radius 2 is 2.05 bits per heavy atom. The molecule has 0 heterocycles. The lowest BCUT2D eigenvalue weighted by Crippen LogP contribution is -2.36. The third-order valence-electron chi connectivity index (χ3n) is 4.20. The van der Waals surface area contributed by atoms with Gasteiger partial charge in [0.2, 0.25) is 0 Å². The molecule has 0 radical (unpaired) electrons. The van der Waals surface area contributed by atoms with Crippen molar-refractivity contribution in [1.29, 1.82) is 0 Å². The van der Waals surface area contributed by atoms with Crippen LogP contribution in [0.2, 0.25) is 0 Å². The number of para-hydroxylation sites is 1. The van der Waals surface area contributed by atoms with E-state index in [1.807, 2.05) is 12.1 Å². The number of hydrogen-bond donors (Lipinski definition) is 1. The van der Waals surface area contributed by atoms with E-state index >= 15 is 0 Å². The van der Waals surface area contributed by atoms with Crippen LogP contribution in [-0.4, -0.2) is 38.3 Å². The molecule has 0 spiro atoms. The summed E-state index contributed by atoms with van der Waals surface area (Å²) >= 11 is 0. The lowest BCUT2D eigenvalue weighted by molar-refractivity contribution is 0.184. The largest absolute Gasteiger partial charge is 0.493 e. The molecule has 1 saturated carbocycles. The van der Waals surface area contributed by atoms with Crippen molar-refractivity contribution >= 4 is 0 Å². The van der Waals surface area contributed by atoms with Crippen molar-refractivity contribution in [2.75, 3.05) is 27.3 Å². The van der Waals surface area contributed by atoms with E-state index in [1.54, 1.807) is 14.2 Å². The molecule has 2 N–H and O–H groups in total. The van der Waals surface area contributed by atoms with Crippen LogP contribution in [0, 0.1) is 0 Å². The van der Waals surface area contributed by atoms with Gasteiger partial charge in [-0.2, -0.15) is 0 Å². The minimum absolute atomic E-state index is 0.203. The Hall–Kier alpha value is -1.26. The average Bonchev–Trinajstić information content (AvgIpc) is 3.35. The number of hydrogen-bond acceptors (Lipinski definition) is 4. The van der Waals surface area contributed by atoms with Crippen molar-refractivity contribution < 1.29 is 9.47 Å². The first-order valence-electron chi connectivity index (χ1n) is 7.93. The fourth-order valence-corrected chi connectivity index (χ4v) is 2.96. The molecule has 1 aliphatic rings. The summed E-state index contributed by atoms with van der Waals surface area (Å²) in [6.45, 7) is 3.93. The molecular weight excluding hydrogens is 264 g/mol. The quantitative estimate of drug-likeness (QED) is 0.760. The fourth-order valence-electron chi connectivity index (χ4n) is 2.96. The second kappa shape index (κ2) is 7.66. The monoisotopic (exact) mass is 292 g/mol. The van der Waals surface area contributed by atoms with Crippen molar-refractivity contribution in [3.8, 4) is 11.5 Å². The Balaban J connectivity index is 2.30. The standard InChI is InChI=1S/C17H28N2O2/c1-4-5-11-19(13-9-10-13)15(12-18)14-7-6-8-16(20-2)17(14)21-3/h6-8,13,15H,4-5,9-12,18H2,1-3H3. The molecule has 0 aliphatic heterocycles. The molecule has 4 heteroatoms. The maximum absolute atomic E-state index is 6.12. The summed E-state index contributed by atoms with van der Waals surface area (Å²) in [4.78, 5) is 2.56. The zero-order chi connectivity index (χ0) is 15.2. The van der Waals surface area contributed by atoms with Gasteiger partial charge in [-0.1, -0.05) is 25.5 Å². The van der Waals surface area contributed by atoms with E-state index in [1.165, 1.54) is 25.7 Å². The van der Waals surface area contributed by atoms with E-state index in [0.717, 1.165) is 23.6 Å². The molecule has 1 aromatic rings. The van der Waals surface area contributed by atoms with E-state index in [0.29, 0.717) is 12.6 Å². The van der Waals surface area contributed by atoms with Crippen LogP contribution in [0.5, 0.6) is 11.5 Å². The Bertz CT molecular complexity index is 446. The van der Waals surface area contributed by atoms with Gasteiger partial charge in [-0.25, -0.2) is 0 Å². The molecule has 1 unspecified atom stereocenters. The first-order valence-corrected chi connectivity index (χ1v) is 7.93. The highest BCUT2D eigenvalue weighted by Gasteiger charge is 2.35. The molecular formula is C17H28N2O2. The minimum atomic E-state index is 0.203. The van der Waals surface area contributed by atoms with E-state index in [2.05, 4.69) is 17.9 Å². The number of nitrogens with two attached hydrogens (primary N) is 1. The molecule has 2 rings (SSSR count). The van der Waals surface area contributed by atoms with Gasteiger partial charge in [0, 0.05) is 18.2 Å². The van der Waals surface area contributed by atoms with Crippen LogP contribution < -0.4 is 15.2 Å². The van der Waals surface area contributed by atoms with E-state index < -0.39 is 0 Å². The summed E-state index contributed by atoms with van der Waals surface area (Å²) < 4.78 is 11.0. The molecule has 0 amide bonds. The van der Waals surface area contributed by atoms with E-state index in [4.69, 9.17) is 15.2 Å². The van der Waals surface area contributed by atoms with Crippen LogP contribution in [0.15, 0.2) is 18.2 Å². The Morgan fingerprint density at radius 3 is 2.57 bits per heavy atom. The van der Waals surface area contributed by atoms with Crippen molar-refractivity contribution in [2.45, 2.75) is 44.7 Å². The SMILES string of the molecule is CCCCN(C1CC1)C(CN)c1cccc(OC)c1OC. The Morgan fingerprint density at radius 1 is 1.29 bits per heavy atom. The highest BCUT2D eigenvalue weighted by atomic mass is 16.5. The van der Waals surface area contributed by atoms with Crippen molar-refractivity contribution in [3.63, 3.8) is 0 Å². The molecule has 21 heavy (non-hydrogen) atoms. The molecule has 118 valence electrons. The van der Waals surface area contributed by atoms with Crippen LogP contribution in [0.25, 0.3) is 0 Å². The first-order chi connectivity index (χ1) is 10.3. The zero-order valence-corrected chi connectivity index (χ0v) is 13.5. The Kier molecular flexibility index (Phi) is 5.88. The molecule has 1 fully saturated rings. The van der Waals surface area contributed by atoms with Gasteiger partial charge in [-0.05, 0) is 31.9 Å². The third-order valence-corrected chi connectivity index (χ3v) is 4.20. The van der Waals surface area contributed by atoms with Gasteiger partial charge in [-0.3, -0.25) is 4.90 Å². The average molecular weight is 292 g/mol. The zero-order valence-electron chi connectivity index (χ0n) is 13.5. The summed E-state index contributed by atoms with van der Waals surface area (Å²) in [5, 5.41) is 0. The maximum atomic E-state index is 6.12. The van der Waals surface area contributed by atoms with Gasteiger partial charge in [0.1, 0.15) is 0 Å². The number of unbranched alkanes of at least 4 members (excludes halogenated alkanes) is 1. The molecule has 1 atom stereocenters. The summed E-state index contributed by atoms with van der Waals surface area (Å²) in [7, 11) is 3.37. The summed E-state index contributed by atoms with van der Waals surface area (Å²) in [6.07, 6.45) is 4.98. The molecule has 0 saturated heterocycles. The smallest absolute Gasteiger partial charge is 0.165 e. The van der Waals surface area contributed by atoms with E-state index in [-0.39, 0.29) is 6.04 Å². The van der Waals surface area contributed by atoms with Gasteiger partial charge in [-0.15, -0.1) is 0 Å². The highest BCUT2D eigenvalue weighted by molar-refractivity contribution is 5.48. The molecule has 1 aromatic carbocycles. The fraction of sp³-hybridized carbons (Fsp3) is 0.647. The predicted octanol–water partition coefficient (Wildman–Crippen LogP) is 2.97. The number of methoxy groups -OCH3 is 2. The van der Waals surface area contributed by atoms with Crippen LogP contribution >= 0.6 is 0 Å². The summed E-state index contributed by atoms with van der Waals surface area (Å²) in [6, 6.07) is 6.95. The van der Waals surface area contributed by atoms with Gasteiger partial charge in [0.05, 0.1) is 20.3 Å². The predicted molar refractivity (Wildman–Crippen MR) is 86.0 cm³/mol. The molecule has 0 bridgehead atoms. The van der Waals surface area contributed by atoms with Crippen LogP contribution in [-0.2, 0) is 0 Å². The van der Waals surface area contributed by atoms with Gasteiger partial charge in [0.25, 0.3) is 0 Å². The highest BCUT2D eigenvalue weighted by Crippen LogP contribution is 2.40. The molecule has 0 aromatic heterocycles. The third kappa shape index (κ3) is 3.69. The summed E-state index contributed by atoms with van der Waals surface area (Å²) in [5.41, 5.74) is 7.26. The Labute approximate surface area is 128 Å². The topological polar surface area (TPSA) is 47.7 Å². The molecule has 4 nitrogen and oxygen atoms in total. The lowest BCUT2D eigenvalue weighted by Gasteiger charge is -2.32. The summed E-state index contributed by atoms with van der Waals surface area (Å²) in [5.74, 6) is 1.59. The van der Waals surface area contributed by atoms with Crippen LogP contribution in [0.3, 0.4) is 0 Å². The van der Waals surface area contributed by atoms with Crippen LogP contribution in [0.4, 0.5) is 0 Å². The normalized spacial score (nSPS) is 16.0. The maximum Gasteiger partial charge on any atom is 0.165 e. The minimum Gasteiger partial charge on any atom is -0.493 e. The van der Waals surface area contributed by atoms with Crippen LogP contribution in [0.1, 0.15) is 44.2 Å². The number of benzene rings is 1. The second-order valence-electron chi connectivity index (χ2n) is 5.66. The van der Waals surface area contributed by atoms with E-state index in [9.17, 15) is 0 Å². The van der Waals surface area contributed by atoms with Gasteiger partial charge in [0.15, 0.2) is 11.5 Å². The molecule has 1 aliphatic carbocycles. The van der Waals surface area contributed by atoms with Crippen molar-refractivity contribution in [1.82, 2.24) is 4.90 Å². The van der Waals surface area contributed by atoms with Gasteiger partial charge < -0.3 is 15.2 Å². The first kappa shape index (κ1) is 16.1. The number of ether oxygens (including phenoxy) is 2. The second-order valence-corrected chi connectivity index (χ2v) is 5.66. The van der Waals surface area contributed by atoms with Gasteiger partial charge >= 0.3 is 0 Å².